The fourth-order valence-corrected chi connectivity index (χ4v) is 4.29. The van der Waals surface area contributed by atoms with Gasteiger partial charge in [0.05, 0.1) is 13.0 Å². The highest BCUT2D eigenvalue weighted by Gasteiger charge is 2.24. The van der Waals surface area contributed by atoms with E-state index in [1.54, 1.807) is 7.11 Å². The lowest BCUT2D eigenvalue weighted by Crippen LogP contribution is -2.42. The molecule has 0 spiro atoms. The molecule has 0 N–H and O–H groups in total. The van der Waals surface area contributed by atoms with Gasteiger partial charge in [-0.25, -0.2) is 0 Å². The maximum atomic E-state index is 12.5. The number of benzene rings is 1. The maximum Gasteiger partial charge on any atom is 0.253 e. The molecule has 0 aromatic heterocycles. The van der Waals surface area contributed by atoms with Gasteiger partial charge in [0.2, 0.25) is 5.91 Å². The first kappa shape index (κ1) is 20.0. The van der Waals surface area contributed by atoms with Gasteiger partial charge in [-0.05, 0) is 24.3 Å². The molecule has 27 heavy (non-hydrogen) atoms. The molecule has 2 fully saturated rings. The van der Waals surface area contributed by atoms with Crippen LogP contribution in [-0.2, 0) is 9.53 Å². The van der Waals surface area contributed by atoms with Gasteiger partial charge in [0.25, 0.3) is 5.91 Å². The fourth-order valence-electron chi connectivity index (χ4n) is 3.39. The average Bonchev–Trinajstić information content (AvgIpc) is 2.73. The molecule has 2 aliphatic heterocycles. The zero-order valence-electron chi connectivity index (χ0n) is 15.9. The van der Waals surface area contributed by atoms with Gasteiger partial charge in [-0.3, -0.25) is 9.59 Å². The van der Waals surface area contributed by atoms with Crippen molar-refractivity contribution < 1.29 is 19.1 Å². The second kappa shape index (κ2) is 9.99. The number of carbonyl (C=O) groups is 2. The Kier molecular flexibility index (Phi) is 7.41. The summed E-state index contributed by atoms with van der Waals surface area (Å²) in [6.45, 7) is 3.55. The highest BCUT2D eigenvalue weighted by atomic mass is 32.2. The molecule has 2 heterocycles. The first-order valence-corrected chi connectivity index (χ1v) is 10.7. The lowest BCUT2D eigenvalue weighted by molar-refractivity contribution is -0.133. The quantitative estimate of drug-likeness (QED) is 0.743. The summed E-state index contributed by atoms with van der Waals surface area (Å²) in [5.41, 5.74) is 0.716. The average molecular weight is 393 g/mol. The van der Waals surface area contributed by atoms with Crippen LogP contribution in [0, 0.1) is 0 Å². The third-order valence-corrected chi connectivity index (χ3v) is 5.96. The molecule has 2 saturated heterocycles. The number of methoxy groups -OCH3 is 1. The summed E-state index contributed by atoms with van der Waals surface area (Å²) in [5, 5.41) is 0. The molecule has 2 amide bonds. The van der Waals surface area contributed by atoms with Crippen molar-refractivity contribution in [3.63, 3.8) is 0 Å². The molecule has 1 aromatic carbocycles. The molecule has 3 rings (SSSR count). The van der Waals surface area contributed by atoms with Crippen molar-refractivity contribution in [1.29, 1.82) is 0 Å². The Bertz CT molecular complexity index is 623. The van der Waals surface area contributed by atoms with Crippen molar-refractivity contribution in [2.45, 2.75) is 25.4 Å². The number of thioether (sulfide) groups is 1. The monoisotopic (exact) mass is 392 g/mol. The van der Waals surface area contributed by atoms with Crippen LogP contribution in [0.2, 0.25) is 0 Å². The van der Waals surface area contributed by atoms with Gasteiger partial charge in [-0.2, -0.15) is 11.8 Å². The van der Waals surface area contributed by atoms with E-state index in [1.165, 1.54) is 0 Å². The minimum absolute atomic E-state index is 0.102. The highest BCUT2D eigenvalue weighted by Crippen LogP contribution is 2.21. The number of hydrogen-bond acceptors (Lipinski definition) is 5. The molecule has 0 bridgehead atoms. The van der Waals surface area contributed by atoms with Gasteiger partial charge in [0, 0.05) is 63.2 Å². The van der Waals surface area contributed by atoms with Gasteiger partial charge < -0.3 is 19.3 Å². The largest absolute Gasteiger partial charge is 0.490 e. The van der Waals surface area contributed by atoms with E-state index in [4.69, 9.17) is 9.47 Å². The fraction of sp³-hybridized carbons (Fsp3) is 0.600. The summed E-state index contributed by atoms with van der Waals surface area (Å²) >= 11 is 1.89. The van der Waals surface area contributed by atoms with Gasteiger partial charge in [-0.15, -0.1) is 0 Å². The maximum absolute atomic E-state index is 12.5. The van der Waals surface area contributed by atoms with Crippen molar-refractivity contribution in [3.8, 4) is 5.75 Å². The van der Waals surface area contributed by atoms with Crippen LogP contribution in [0.4, 0.5) is 0 Å². The van der Waals surface area contributed by atoms with Crippen LogP contribution in [0.5, 0.6) is 5.75 Å². The van der Waals surface area contributed by atoms with Crippen LogP contribution in [0.15, 0.2) is 24.3 Å². The van der Waals surface area contributed by atoms with E-state index in [9.17, 15) is 9.59 Å². The molecule has 6 nitrogen and oxygen atoms in total. The first-order chi connectivity index (χ1) is 13.2. The molecular weight excluding hydrogens is 364 g/mol. The Balaban J connectivity index is 1.46. The van der Waals surface area contributed by atoms with Crippen LogP contribution in [0.1, 0.15) is 29.6 Å². The SMILES string of the molecule is COCCC(=O)N1CCC(Oc2ccc(C(=O)N3CCSCC3)cc2)CC1. The Morgan fingerprint density at radius 3 is 2.33 bits per heavy atom. The highest BCUT2D eigenvalue weighted by molar-refractivity contribution is 7.99. The predicted octanol–water partition coefficient (Wildman–Crippen LogP) is 2.28. The number of rotatable bonds is 6. The number of likely N-dealkylation sites (tertiary alicyclic amines) is 1. The van der Waals surface area contributed by atoms with E-state index >= 15 is 0 Å². The van der Waals surface area contributed by atoms with E-state index in [1.807, 2.05) is 45.8 Å². The minimum Gasteiger partial charge on any atom is -0.490 e. The van der Waals surface area contributed by atoms with Gasteiger partial charge in [-0.1, -0.05) is 0 Å². The predicted molar refractivity (Wildman–Crippen MR) is 106 cm³/mol. The number of amides is 2. The second-order valence-electron chi connectivity index (χ2n) is 6.87. The number of hydrogen-bond donors (Lipinski definition) is 0. The molecule has 1 aromatic rings. The number of carbonyl (C=O) groups excluding carboxylic acids is 2. The third kappa shape index (κ3) is 5.62. The summed E-state index contributed by atoms with van der Waals surface area (Å²) < 4.78 is 11.0. The molecule has 0 atom stereocenters. The van der Waals surface area contributed by atoms with Crippen molar-refractivity contribution >= 4 is 23.6 Å². The Morgan fingerprint density at radius 2 is 1.70 bits per heavy atom. The third-order valence-electron chi connectivity index (χ3n) is 5.02. The zero-order chi connectivity index (χ0) is 19.1. The molecular formula is C20H28N2O4S. The molecule has 0 saturated carbocycles. The van der Waals surface area contributed by atoms with Crippen LogP contribution in [0.25, 0.3) is 0 Å². The summed E-state index contributed by atoms with van der Waals surface area (Å²) in [6.07, 6.45) is 2.19. The second-order valence-corrected chi connectivity index (χ2v) is 8.09. The van der Waals surface area contributed by atoms with Crippen molar-refractivity contribution in [2.75, 3.05) is 51.4 Å². The number of piperidine rings is 1. The van der Waals surface area contributed by atoms with Crippen LogP contribution in [0.3, 0.4) is 0 Å². The van der Waals surface area contributed by atoms with Crippen LogP contribution < -0.4 is 4.74 Å². The lowest BCUT2D eigenvalue weighted by atomic mass is 10.1. The molecule has 0 aliphatic carbocycles. The van der Waals surface area contributed by atoms with Crippen LogP contribution >= 0.6 is 11.8 Å². The number of nitrogens with zero attached hydrogens (tertiary/aromatic N) is 2. The Labute approximate surface area is 165 Å². The van der Waals surface area contributed by atoms with Crippen molar-refractivity contribution in [2.24, 2.45) is 0 Å². The molecule has 0 radical (unpaired) electrons. The number of ether oxygens (including phenoxy) is 2. The smallest absolute Gasteiger partial charge is 0.253 e. The van der Waals surface area contributed by atoms with Gasteiger partial charge in [0.1, 0.15) is 11.9 Å². The topological polar surface area (TPSA) is 59.1 Å². The minimum atomic E-state index is 0.102. The Morgan fingerprint density at radius 1 is 1.04 bits per heavy atom. The molecule has 148 valence electrons. The van der Waals surface area contributed by atoms with Crippen molar-refractivity contribution in [1.82, 2.24) is 9.80 Å². The summed E-state index contributed by atoms with van der Waals surface area (Å²) in [6, 6.07) is 7.45. The standard InChI is InChI=1S/C20H28N2O4S/c1-25-13-8-19(23)21-9-6-18(7-10-21)26-17-4-2-16(3-5-17)20(24)22-11-14-27-15-12-22/h2-5,18H,6-15H2,1H3. The van der Waals surface area contributed by atoms with E-state index in [0.29, 0.717) is 18.6 Å². The van der Waals surface area contributed by atoms with Gasteiger partial charge in [0.15, 0.2) is 0 Å². The van der Waals surface area contributed by atoms with Crippen molar-refractivity contribution in [3.05, 3.63) is 29.8 Å². The molecule has 2 aliphatic rings. The zero-order valence-corrected chi connectivity index (χ0v) is 16.7. The lowest BCUT2D eigenvalue weighted by Gasteiger charge is -2.32. The van der Waals surface area contributed by atoms with E-state index < -0.39 is 0 Å². The van der Waals surface area contributed by atoms with E-state index in [-0.39, 0.29) is 17.9 Å². The molecule has 0 unspecified atom stereocenters. The van der Waals surface area contributed by atoms with E-state index in [0.717, 1.165) is 56.3 Å². The van der Waals surface area contributed by atoms with Crippen LogP contribution in [-0.4, -0.2) is 79.1 Å². The first-order valence-electron chi connectivity index (χ1n) is 9.58. The van der Waals surface area contributed by atoms with Gasteiger partial charge >= 0.3 is 0 Å². The normalized spacial score (nSPS) is 18.4. The summed E-state index contributed by atoms with van der Waals surface area (Å²) in [5.74, 6) is 3.06. The summed E-state index contributed by atoms with van der Waals surface area (Å²) in [7, 11) is 1.61. The summed E-state index contributed by atoms with van der Waals surface area (Å²) in [4.78, 5) is 28.3. The Hall–Kier alpha value is -1.73. The molecule has 7 heteroatoms. The van der Waals surface area contributed by atoms with E-state index in [2.05, 4.69) is 0 Å².